The molecule has 2 aromatic carbocycles. The second-order valence-electron chi connectivity index (χ2n) is 4.38. The molecule has 2 nitrogen and oxygen atoms in total. The van der Waals surface area contributed by atoms with Gasteiger partial charge in [0.2, 0.25) is 0 Å². The smallest absolute Gasteiger partial charge is 0.0291 e. The number of rotatable bonds is 5. The average Bonchev–Trinajstić information content (AvgIpc) is 2.41. The summed E-state index contributed by atoms with van der Waals surface area (Å²) in [5, 5.41) is 0. The second kappa shape index (κ2) is 6.69. The molecule has 0 aliphatic heterocycles. The molecule has 0 bridgehead atoms. The van der Waals surface area contributed by atoms with Gasteiger partial charge in [0.1, 0.15) is 0 Å². The van der Waals surface area contributed by atoms with Crippen LogP contribution in [-0.2, 0) is 12.8 Å². The molecule has 0 amide bonds. The molecular formula is C15H17BrN2. The highest BCUT2D eigenvalue weighted by Crippen LogP contribution is 2.13. The van der Waals surface area contributed by atoms with Crippen LogP contribution in [0.3, 0.4) is 0 Å². The van der Waals surface area contributed by atoms with Crippen LogP contribution in [0, 0.1) is 0 Å². The van der Waals surface area contributed by atoms with Crippen molar-refractivity contribution < 1.29 is 0 Å². The number of nitrogens with one attached hydrogen (secondary N) is 1. The lowest BCUT2D eigenvalue weighted by Gasteiger charge is -2.16. The molecule has 3 heteroatoms. The minimum Gasteiger partial charge on any atom is -0.271 e. The van der Waals surface area contributed by atoms with Crippen LogP contribution in [0.4, 0.5) is 0 Å². The molecule has 0 aliphatic rings. The van der Waals surface area contributed by atoms with E-state index in [0.717, 1.165) is 17.3 Å². The number of hydrazine groups is 1. The van der Waals surface area contributed by atoms with Crippen LogP contribution in [0.5, 0.6) is 0 Å². The van der Waals surface area contributed by atoms with Crippen LogP contribution in [0.1, 0.15) is 11.1 Å². The Morgan fingerprint density at radius 3 is 2.00 bits per heavy atom. The van der Waals surface area contributed by atoms with Crippen molar-refractivity contribution in [2.24, 2.45) is 5.84 Å². The maximum atomic E-state index is 5.64. The molecule has 94 valence electrons. The van der Waals surface area contributed by atoms with Gasteiger partial charge in [0.05, 0.1) is 0 Å². The minimum atomic E-state index is 0.258. The molecule has 2 rings (SSSR count). The van der Waals surface area contributed by atoms with E-state index in [-0.39, 0.29) is 6.04 Å². The standard InChI is InChI=1S/C15H17BrN2/c16-14-8-6-13(7-9-14)11-15(18-17)10-12-4-2-1-3-5-12/h1-9,15,18H,10-11,17H2. The molecule has 0 radical (unpaired) electrons. The van der Waals surface area contributed by atoms with Gasteiger partial charge in [-0.15, -0.1) is 0 Å². The maximum absolute atomic E-state index is 5.64. The topological polar surface area (TPSA) is 38.0 Å². The van der Waals surface area contributed by atoms with Crippen molar-refractivity contribution in [2.75, 3.05) is 0 Å². The zero-order valence-corrected chi connectivity index (χ0v) is 11.7. The number of nitrogens with two attached hydrogens (primary N) is 1. The Morgan fingerprint density at radius 2 is 1.44 bits per heavy atom. The van der Waals surface area contributed by atoms with Gasteiger partial charge in [0.25, 0.3) is 0 Å². The van der Waals surface area contributed by atoms with Crippen molar-refractivity contribution in [1.82, 2.24) is 5.43 Å². The second-order valence-corrected chi connectivity index (χ2v) is 5.30. The zero-order valence-electron chi connectivity index (χ0n) is 10.1. The Kier molecular flexibility index (Phi) is 4.93. The van der Waals surface area contributed by atoms with Gasteiger partial charge in [-0.1, -0.05) is 58.4 Å². The fourth-order valence-corrected chi connectivity index (χ4v) is 2.26. The summed E-state index contributed by atoms with van der Waals surface area (Å²) in [5.41, 5.74) is 5.49. The van der Waals surface area contributed by atoms with Crippen molar-refractivity contribution in [3.8, 4) is 0 Å². The van der Waals surface area contributed by atoms with Gasteiger partial charge in [-0.05, 0) is 36.1 Å². The first-order valence-electron chi connectivity index (χ1n) is 6.02. The molecule has 2 aromatic rings. The number of hydrogen-bond acceptors (Lipinski definition) is 2. The molecule has 0 saturated heterocycles. The largest absolute Gasteiger partial charge is 0.271 e. The first kappa shape index (κ1) is 13.3. The van der Waals surface area contributed by atoms with Crippen molar-refractivity contribution in [3.05, 3.63) is 70.2 Å². The lowest BCUT2D eigenvalue weighted by molar-refractivity contribution is 0.522. The van der Waals surface area contributed by atoms with E-state index in [0.29, 0.717) is 0 Å². The number of halogens is 1. The highest BCUT2D eigenvalue weighted by molar-refractivity contribution is 9.10. The van der Waals surface area contributed by atoms with Gasteiger partial charge in [0.15, 0.2) is 0 Å². The summed E-state index contributed by atoms with van der Waals surface area (Å²) in [6, 6.07) is 19.0. The average molecular weight is 305 g/mol. The Balaban J connectivity index is 1.99. The van der Waals surface area contributed by atoms with E-state index in [1.807, 2.05) is 6.07 Å². The molecule has 0 spiro atoms. The summed E-state index contributed by atoms with van der Waals surface area (Å²) in [6.07, 6.45) is 1.87. The van der Waals surface area contributed by atoms with E-state index in [2.05, 4.69) is 69.9 Å². The Hall–Kier alpha value is -1.16. The minimum absolute atomic E-state index is 0.258. The van der Waals surface area contributed by atoms with Crippen LogP contribution < -0.4 is 11.3 Å². The summed E-state index contributed by atoms with van der Waals surface area (Å²) in [4.78, 5) is 0. The summed E-state index contributed by atoms with van der Waals surface area (Å²) in [6.45, 7) is 0. The summed E-state index contributed by atoms with van der Waals surface area (Å²) in [5.74, 6) is 5.64. The van der Waals surface area contributed by atoms with Crippen molar-refractivity contribution in [2.45, 2.75) is 18.9 Å². The summed E-state index contributed by atoms with van der Waals surface area (Å²) < 4.78 is 1.10. The highest BCUT2D eigenvalue weighted by Gasteiger charge is 2.08. The van der Waals surface area contributed by atoms with E-state index in [1.54, 1.807) is 0 Å². The SMILES string of the molecule is NNC(Cc1ccccc1)Cc1ccc(Br)cc1. The third-order valence-electron chi connectivity index (χ3n) is 2.96. The fourth-order valence-electron chi connectivity index (χ4n) is 1.99. The third-order valence-corrected chi connectivity index (χ3v) is 3.48. The first-order chi connectivity index (χ1) is 8.78. The van der Waals surface area contributed by atoms with Crippen LogP contribution in [-0.4, -0.2) is 6.04 Å². The highest BCUT2D eigenvalue weighted by atomic mass is 79.9. The number of benzene rings is 2. The van der Waals surface area contributed by atoms with Crippen LogP contribution in [0.25, 0.3) is 0 Å². The molecule has 0 saturated carbocycles. The summed E-state index contributed by atoms with van der Waals surface area (Å²) in [7, 11) is 0. The molecule has 1 unspecified atom stereocenters. The maximum Gasteiger partial charge on any atom is 0.0291 e. The molecule has 18 heavy (non-hydrogen) atoms. The molecule has 1 atom stereocenters. The van der Waals surface area contributed by atoms with Crippen LogP contribution >= 0.6 is 15.9 Å². The van der Waals surface area contributed by atoms with E-state index in [1.165, 1.54) is 11.1 Å². The lowest BCUT2D eigenvalue weighted by Crippen LogP contribution is -2.38. The van der Waals surface area contributed by atoms with E-state index < -0.39 is 0 Å². The van der Waals surface area contributed by atoms with Gasteiger partial charge in [-0.3, -0.25) is 11.3 Å². The van der Waals surface area contributed by atoms with Crippen molar-refractivity contribution >= 4 is 15.9 Å². The molecular weight excluding hydrogens is 288 g/mol. The van der Waals surface area contributed by atoms with Crippen LogP contribution in [0.15, 0.2) is 59.1 Å². The van der Waals surface area contributed by atoms with Gasteiger partial charge in [-0.25, -0.2) is 0 Å². The zero-order chi connectivity index (χ0) is 12.8. The predicted molar refractivity (Wildman–Crippen MR) is 79.1 cm³/mol. The Bertz CT molecular complexity index is 468. The molecule has 0 aromatic heterocycles. The predicted octanol–water partition coefficient (Wildman–Crippen LogP) is 3.07. The van der Waals surface area contributed by atoms with Gasteiger partial charge < -0.3 is 0 Å². The first-order valence-corrected chi connectivity index (χ1v) is 6.81. The van der Waals surface area contributed by atoms with Gasteiger partial charge in [0, 0.05) is 10.5 Å². The van der Waals surface area contributed by atoms with Crippen LogP contribution in [0.2, 0.25) is 0 Å². The fraction of sp³-hybridized carbons (Fsp3) is 0.200. The van der Waals surface area contributed by atoms with Crippen molar-refractivity contribution in [3.63, 3.8) is 0 Å². The summed E-state index contributed by atoms with van der Waals surface area (Å²) >= 11 is 3.44. The number of hydrogen-bond donors (Lipinski definition) is 2. The van der Waals surface area contributed by atoms with E-state index in [4.69, 9.17) is 5.84 Å². The normalized spacial score (nSPS) is 12.3. The van der Waals surface area contributed by atoms with Gasteiger partial charge >= 0.3 is 0 Å². The monoisotopic (exact) mass is 304 g/mol. The molecule has 0 aliphatic carbocycles. The van der Waals surface area contributed by atoms with Crippen molar-refractivity contribution in [1.29, 1.82) is 0 Å². The third kappa shape index (κ3) is 3.95. The molecule has 0 fully saturated rings. The lowest BCUT2D eigenvalue weighted by atomic mass is 10.00. The molecule has 0 heterocycles. The van der Waals surface area contributed by atoms with Gasteiger partial charge in [-0.2, -0.15) is 0 Å². The Morgan fingerprint density at radius 1 is 0.889 bits per heavy atom. The quantitative estimate of drug-likeness (QED) is 0.658. The van der Waals surface area contributed by atoms with E-state index >= 15 is 0 Å². The molecule has 3 N–H and O–H groups in total. The Labute approximate surface area is 116 Å². The van der Waals surface area contributed by atoms with E-state index in [9.17, 15) is 0 Å².